The third-order valence-corrected chi connectivity index (χ3v) is 3.74. The lowest BCUT2D eigenvalue weighted by Crippen LogP contribution is -2.18. The highest BCUT2D eigenvalue weighted by molar-refractivity contribution is 7.18. The van der Waals surface area contributed by atoms with Crippen molar-refractivity contribution in [1.29, 1.82) is 0 Å². The maximum absolute atomic E-state index is 12.1. The minimum absolute atomic E-state index is 0.188. The maximum atomic E-state index is 12.1. The molecule has 2 aromatic rings. The van der Waals surface area contributed by atoms with Crippen LogP contribution < -0.4 is 16.0 Å². The second-order valence-corrected chi connectivity index (χ2v) is 5.54. The molecule has 6 nitrogen and oxygen atoms in total. The predicted octanol–water partition coefficient (Wildman–Crippen LogP) is 2.32. The van der Waals surface area contributed by atoms with Gasteiger partial charge < -0.3 is 16.0 Å². The van der Waals surface area contributed by atoms with E-state index in [1.807, 2.05) is 0 Å². The highest BCUT2D eigenvalue weighted by Crippen LogP contribution is 2.23. The molecule has 3 amide bonds. The smallest absolute Gasteiger partial charge is 0.265 e. The molecule has 22 heavy (non-hydrogen) atoms. The lowest BCUT2D eigenvalue weighted by Gasteiger charge is -2.06. The summed E-state index contributed by atoms with van der Waals surface area (Å²) in [5.74, 6) is -0.706. The van der Waals surface area contributed by atoms with Gasteiger partial charge in [0.1, 0.15) is 0 Å². The number of carbonyl (C=O) groups excluding carboxylic acids is 3. The van der Waals surface area contributed by atoms with E-state index in [4.69, 9.17) is 0 Å². The fraction of sp³-hybridized carbons (Fsp3) is 0.133. The van der Waals surface area contributed by atoms with Crippen molar-refractivity contribution < 1.29 is 14.4 Å². The first-order valence-corrected chi connectivity index (χ1v) is 7.32. The van der Waals surface area contributed by atoms with Crippen molar-refractivity contribution in [1.82, 2.24) is 5.32 Å². The second kappa shape index (κ2) is 6.86. The van der Waals surface area contributed by atoms with E-state index >= 15 is 0 Å². The molecule has 0 radical (unpaired) electrons. The number of nitrogens with one attached hydrogen (secondary N) is 3. The molecule has 3 N–H and O–H groups in total. The van der Waals surface area contributed by atoms with Crippen LogP contribution in [0.2, 0.25) is 0 Å². The summed E-state index contributed by atoms with van der Waals surface area (Å²) in [5.41, 5.74) is 0.992. The first kappa shape index (κ1) is 15.7. The average molecular weight is 317 g/mol. The van der Waals surface area contributed by atoms with Crippen molar-refractivity contribution in [3.63, 3.8) is 0 Å². The summed E-state index contributed by atoms with van der Waals surface area (Å²) in [6.07, 6.45) is 0. The van der Waals surface area contributed by atoms with E-state index in [1.165, 1.54) is 18.3 Å². The molecule has 0 bridgehead atoms. The molecule has 0 aliphatic rings. The van der Waals surface area contributed by atoms with Crippen molar-refractivity contribution in [2.24, 2.45) is 0 Å². The molecular weight excluding hydrogens is 302 g/mol. The zero-order valence-corrected chi connectivity index (χ0v) is 12.9. The Kier molecular flexibility index (Phi) is 4.90. The number of rotatable bonds is 4. The van der Waals surface area contributed by atoms with Gasteiger partial charge in [0.25, 0.3) is 11.8 Å². The Hall–Kier alpha value is -2.67. The fourth-order valence-electron chi connectivity index (χ4n) is 1.78. The minimum Gasteiger partial charge on any atom is -0.355 e. The molecule has 0 atom stereocenters. The fourth-order valence-corrected chi connectivity index (χ4v) is 2.62. The van der Waals surface area contributed by atoms with E-state index in [0.29, 0.717) is 21.1 Å². The lowest BCUT2D eigenvalue weighted by atomic mass is 10.2. The largest absolute Gasteiger partial charge is 0.355 e. The van der Waals surface area contributed by atoms with Crippen LogP contribution in [0.5, 0.6) is 0 Å². The summed E-state index contributed by atoms with van der Waals surface area (Å²) in [5, 5.41) is 8.48. The molecule has 7 heteroatoms. The Morgan fingerprint density at radius 3 is 2.45 bits per heavy atom. The SMILES string of the molecule is CNC(=O)c1cccc(NC(=O)c2ccc(NC(C)=O)s2)c1. The Labute approximate surface area is 131 Å². The second-order valence-electron chi connectivity index (χ2n) is 4.46. The van der Waals surface area contributed by atoms with Gasteiger partial charge in [-0.15, -0.1) is 11.3 Å². The summed E-state index contributed by atoms with van der Waals surface area (Å²) >= 11 is 1.18. The van der Waals surface area contributed by atoms with Gasteiger partial charge in [0.05, 0.1) is 9.88 Å². The lowest BCUT2D eigenvalue weighted by molar-refractivity contribution is -0.114. The van der Waals surface area contributed by atoms with Gasteiger partial charge in [-0.05, 0) is 30.3 Å². The molecule has 2 rings (SSSR count). The van der Waals surface area contributed by atoms with Crippen LogP contribution in [0, 0.1) is 0 Å². The molecule has 0 saturated carbocycles. The molecule has 0 unspecified atom stereocenters. The minimum atomic E-state index is -0.296. The number of amides is 3. The van der Waals surface area contributed by atoms with Gasteiger partial charge in [-0.25, -0.2) is 0 Å². The maximum Gasteiger partial charge on any atom is 0.265 e. The van der Waals surface area contributed by atoms with Crippen LogP contribution in [0.3, 0.4) is 0 Å². The van der Waals surface area contributed by atoms with Crippen LogP contribution in [0.4, 0.5) is 10.7 Å². The van der Waals surface area contributed by atoms with Crippen molar-refractivity contribution in [2.45, 2.75) is 6.92 Å². The predicted molar refractivity (Wildman–Crippen MR) is 86.4 cm³/mol. The van der Waals surface area contributed by atoms with Crippen LogP contribution in [-0.2, 0) is 4.79 Å². The molecule has 114 valence electrons. The van der Waals surface area contributed by atoms with Crippen molar-refractivity contribution in [3.8, 4) is 0 Å². The highest BCUT2D eigenvalue weighted by Gasteiger charge is 2.11. The number of hydrogen-bond donors (Lipinski definition) is 3. The van der Waals surface area contributed by atoms with E-state index < -0.39 is 0 Å². The Balaban J connectivity index is 2.10. The zero-order valence-electron chi connectivity index (χ0n) is 12.1. The number of hydrogen-bond acceptors (Lipinski definition) is 4. The van der Waals surface area contributed by atoms with Crippen molar-refractivity contribution in [3.05, 3.63) is 46.8 Å². The number of benzene rings is 1. The summed E-state index contributed by atoms with van der Waals surface area (Å²) in [6, 6.07) is 9.95. The monoisotopic (exact) mass is 317 g/mol. The standard InChI is InChI=1S/C15H15N3O3S/c1-9(19)17-13-7-6-12(22-13)15(21)18-11-5-3-4-10(8-11)14(20)16-2/h3-8H,1-2H3,(H,16,20)(H,17,19)(H,18,21). The van der Waals surface area contributed by atoms with Crippen molar-refractivity contribution >= 4 is 39.7 Å². The van der Waals surface area contributed by atoms with Crippen LogP contribution in [0.25, 0.3) is 0 Å². The van der Waals surface area contributed by atoms with Gasteiger partial charge in [0.2, 0.25) is 5.91 Å². The third kappa shape index (κ3) is 3.92. The highest BCUT2D eigenvalue weighted by atomic mass is 32.1. The van der Waals surface area contributed by atoms with Crippen LogP contribution >= 0.6 is 11.3 Å². The van der Waals surface area contributed by atoms with Gasteiger partial charge in [-0.1, -0.05) is 6.07 Å². The van der Waals surface area contributed by atoms with Gasteiger partial charge >= 0.3 is 0 Å². The van der Waals surface area contributed by atoms with E-state index in [-0.39, 0.29) is 17.7 Å². The Morgan fingerprint density at radius 2 is 1.77 bits per heavy atom. The number of anilines is 2. The molecule has 1 heterocycles. The molecule has 0 saturated heterocycles. The van der Waals surface area contributed by atoms with Crippen LogP contribution in [0.1, 0.15) is 27.0 Å². The molecule has 1 aromatic carbocycles. The quantitative estimate of drug-likeness (QED) is 0.808. The van der Waals surface area contributed by atoms with Crippen LogP contribution in [-0.4, -0.2) is 24.8 Å². The van der Waals surface area contributed by atoms with Gasteiger partial charge in [0, 0.05) is 25.2 Å². The zero-order chi connectivity index (χ0) is 16.1. The number of thiophene rings is 1. The normalized spacial score (nSPS) is 9.91. The first-order valence-electron chi connectivity index (χ1n) is 6.50. The molecule has 0 aliphatic heterocycles. The van der Waals surface area contributed by atoms with E-state index in [9.17, 15) is 14.4 Å². The molecule has 1 aromatic heterocycles. The topological polar surface area (TPSA) is 87.3 Å². The van der Waals surface area contributed by atoms with Crippen molar-refractivity contribution in [2.75, 3.05) is 17.7 Å². The summed E-state index contributed by atoms with van der Waals surface area (Å²) in [4.78, 5) is 35.2. The number of carbonyl (C=O) groups is 3. The summed E-state index contributed by atoms with van der Waals surface area (Å²) < 4.78 is 0. The van der Waals surface area contributed by atoms with Crippen LogP contribution in [0.15, 0.2) is 36.4 Å². The summed E-state index contributed by atoms with van der Waals surface area (Å²) in [6.45, 7) is 1.41. The Morgan fingerprint density at radius 1 is 1.00 bits per heavy atom. The van der Waals surface area contributed by atoms with E-state index in [2.05, 4.69) is 16.0 Å². The van der Waals surface area contributed by atoms with Gasteiger partial charge in [0.15, 0.2) is 0 Å². The molecule has 0 fully saturated rings. The van der Waals surface area contributed by atoms with Gasteiger partial charge in [-0.2, -0.15) is 0 Å². The summed E-state index contributed by atoms with van der Waals surface area (Å²) in [7, 11) is 1.54. The molecule has 0 spiro atoms. The molecular formula is C15H15N3O3S. The van der Waals surface area contributed by atoms with Gasteiger partial charge in [-0.3, -0.25) is 14.4 Å². The van der Waals surface area contributed by atoms with E-state index in [0.717, 1.165) is 0 Å². The average Bonchev–Trinajstić information content (AvgIpc) is 2.94. The Bertz CT molecular complexity index is 724. The molecule has 0 aliphatic carbocycles. The third-order valence-electron chi connectivity index (χ3n) is 2.74. The van der Waals surface area contributed by atoms with E-state index in [1.54, 1.807) is 43.4 Å². The first-order chi connectivity index (χ1) is 10.5.